The maximum absolute atomic E-state index is 10.7. The summed E-state index contributed by atoms with van der Waals surface area (Å²) in [5, 5.41) is 10.6. The molecule has 0 saturated carbocycles. The van der Waals surface area contributed by atoms with Crippen molar-refractivity contribution in [3.8, 4) is 5.75 Å². The van der Waals surface area contributed by atoms with E-state index < -0.39 is 15.0 Å². The molecule has 9 heteroatoms. The molecule has 8 nitrogen and oxygen atoms in total. The molecule has 0 unspecified atom stereocenters. The van der Waals surface area contributed by atoms with Gasteiger partial charge in [0, 0.05) is 6.07 Å². The van der Waals surface area contributed by atoms with E-state index >= 15 is 0 Å². The lowest BCUT2D eigenvalue weighted by atomic mass is 10.2. The van der Waals surface area contributed by atoms with Crippen molar-refractivity contribution < 1.29 is 27.1 Å². The van der Waals surface area contributed by atoms with Crippen molar-refractivity contribution in [1.29, 1.82) is 0 Å². The van der Waals surface area contributed by atoms with Gasteiger partial charge in [0.2, 0.25) is 0 Å². The van der Waals surface area contributed by atoms with E-state index in [0.717, 1.165) is 12.3 Å². The molecular formula is C10H11NO7S. The van der Waals surface area contributed by atoms with Gasteiger partial charge in [0.15, 0.2) is 6.29 Å². The highest BCUT2D eigenvalue weighted by atomic mass is 32.2. The summed E-state index contributed by atoms with van der Waals surface area (Å²) in [4.78, 5) is 20.6. The highest BCUT2D eigenvalue weighted by Crippen LogP contribution is 2.22. The van der Waals surface area contributed by atoms with E-state index in [1.165, 1.54) is 12.1 Å². The number of benzene rings is 1. The van der Waals surface area contributed by atoms with Gasteiger partial charge in [-0.05, 0) is 12.1 Å². The highest BCUT2D eigenvalue weighted by molar-refractivity contribution is 7.85. The van der Waals surface area contributed by atoms with E-state index in [-0.39, 0.29) is 30.2 Å². The average Bonchev–Trinajstić information content (AvgIpc) is 2.33. The van der Waals surface area contributed by atoms with Crippen LogP contribution in [0.3, 0.4) is 0 Å². The van der Waals surface area contributed by atoms with Crippen LogP contribution in [0, 0.1) is 10.1 Å². The number of rotatable bonds is 7. The first-order valence-electron chi connectivity index (χ1n) is 5.04. The molecule has 0 aromatic heterocycles. The maximum Gasteiger partial charge on any atom is 0.280 e. The minimum atomic E-state index is -3.53. The fraction of sp³-hybridized carbons (Fsp3) is 0.300. The standard InChI is InChI=1S/C10H11NO7S/c1-19(15,16)18-5-4-17-9-2-3-10(11(13)14)8(6-9)7-12/h2-3,6-7H,4-5H2,1H3. The van der Waals surface area contributed by atoms with Gasteiger partial charge in [-0.25, -0.2) is 0 Å². The molecule has 1 aromatic rings. The van der Waals surface area contributed by atoms with Gasteiger partial charge >= 0.3 is 0 Å². The van der Waals surface area contributed by atoms with Gasteiger partial charge in [-0.3, -0.25) is 19.1 Å². The lowest BCUT2D eigenvalue weighted by Gasteiger charge is -2.06. The maximum atomic E-state index is 10.7. The fourth-order valence-corrected chi connectivity index (χ4v) is 1.60. The lowest BCUT2D eigenvalue weighted by Crippen LogP contribution is -2.11. The summed E-state index contributed by atoms with van der Waals surface area (Å²) in [6, 6.07) is 3.65. The van der Waals surface area contributed by atoms with E-state index in [4.69, 9.17) is 4.74 Å². The van der Waals surface area contributed by atoms with Crippen molar-refractivity contribution in [2.75, 3.05) is 19.5 Å². The topological polar surface area (TPSA) is 113 Å². The second-order valence-electron chi connectivity index (χ2n) is 3.47. The third-order valence-corrected chi connectivity index (χ3v) is 2.57. The van der Waals surface area contributed by atoms with Crippen LogP contribution in [0.25, 0.3) is 0 Å². The summed E-state index contributed by atoms with van der Waals surface area (Å²) in [6.07, 6.45) is 1.25. The molecule has 0 spiro atoms. The Morgan fingerprint density at radius 2 is 2.05 bits per heavy atom. The lowest BCUT2D eigenvalue weighted by molar-refractivity contribution is -0.385. The molecule has 104 valence electrons. The van der Waals surface area contributed by atoms with Crippen LogP contribution in [0.4, 0.5) is 5.69 Å². The Hall–Kier alpha value is -2.00. The second-order valence-corrected chi connectivity index (χ2v) is 5.11. The molecule has 0 bridgehead atoms. The Labute approximate surface area is 109 Å². The Morgan fingerprint density at radius 3 is 2.58 bits per heavy atom. The predicted molar refractivity (Wildman–Crippen MR) is 64.8 cm³/mol. The van der Waals surface area contributed by atoms with Gasteiger partial charge in [0.1, 0.15) is 19.0 Å². The molecule has 0 N–H and O–H groups in total. The molecule has 0 aliphatic carbocycles. The number of hydrogen-bond acceptors (Lipinski definition) is 7. The SMILES string of the molecule is CS(=O)(=O)OCCOc1ccc([N+](=O)[O-])c(C=O)c1. The molecular weight excluding hydrogens is 278 g/mol. The zero-order chi connectivity index (χ0) is 14.5. The summed E-state index contributed by atoms with van der Waals surface area (Å²) < 4.78 is 30.9. The van der Waals surface area contributed by atoms with Gasteiger partial charge in [-0.2, -0.15) is 8.42 Å². The molecule has 0 atom stereocenters. The summed E-state index contributed by atoms with van der Waals surface area (Å²) in [5.41, 5.74) is -0.443. The molecule has 0 fully saturated rings. The van der Waals surface area contributed by atoms with Crippen molar-refractivity contribution in [3.05, 3.63) is 33.9 Å². The zero-order valence-corrected chi connectivity index (χ0v) is 10.8. The number of carbonyl (C=O) groups is 1. The molecule has 0 heterocycles. The number of aldehydes is 1. The van der Waals surface area contributed by atoms with Crippen molar-refractivity contribution in [1.82, 2.24) is 0 Å². The molecule has 1 aromatic carbocycles. The van der Waals surface area contributed by atoms with Crippen molar-refractivity contribution in [2.24, 2.45) is 0 Å². The Bertz CT molecular complexity index is 582. The van der Waals surface area contributed by atoms with Crippen LogP contribution in [0.1, 0.15) is 10.4 Å². The van der Waals surface area contributed by atoms with E-state index in [2.05, 4.69) is 4.18 Å². The monoisotopic (exact) mass is 289 g/mol. The quantitative estimate of drug-likeness (QED) is 0.239. The molecule has 0 aliphatic rings. The minimum absolute atomic E-state index is 0.0663. The number of nitro groups is 1. The van der Waals surface area contributed by atoms with Gasteiger partial charge < -0.3 is 4.74 Å². The zero-order valence-electron chi connectivity index (χ0n) is 9.94. The summed E-state index contributed by atoms with van der Waals surface area (Å²) >= 11 is 0. The second kappa shape index (κ2) is 6.25. The largest absolute Gasteiger partial charge is 0.491 e. The highest BCUT2D eigenvalue weighted by Gasteiger charge is 2.13. The third kappa shape index (κ3) is 5.02. The van der Waals surface area contributed by atoms with E-state index in [9.17, 15) is 23.3 Å². The van der Waals surface area contributed by atoms with Gasteiger partial charge in [0.05, 0.1) is 16.7 Å². The normalized spacial score (nSPS) is 11.0. The smallest absolute Gasteiger partial charge is 0.280 e. The molecule has 0 saturated heterocycles. The van der Waals surface area contributed by atoms with Gasteiger partial charge in [-0.15, -0.1) is 0 Å². The van der Waals surface area contributed by atoms with Crippen LogP contribution >= 0.6 is 0 Å². The molecule has 0 aliphatic heterocycles. The molecule has 19 heavy (non-hydrogen) atoms. The van der Waals surface area contributed by atoms with Crippen LogP contribution < -0.4 is 4.74 Å². The van der Waals surface area contributed by atoms with Crippen molar-refractivity contribution >= 4 is 22.1 Å². The van der Waals surface area contributed by atoms with Crippen LogP contribution in [-0.2, 0) is 14.3 Å². The third-order valence-electron chi connectivity index (χ3n) is 1.97. The van der Waals surface area contributed by atoms with Gasteiger partial charge in [-0.1, -0.05) is 0 Å². The fourth-order valence-electron chi connectivity index (χ4n) is 1.23. The number of hydrogen-bond donors (Lipinski definition) is 0. The first-order chi connectivity index (χ1) is 8.83. The van der Waals surface area contributed by atoms with Gasteiger partial charge in [0.25, 0.3) is 15.8 Å². The number of nitrogens with zero attached hydrogens (tertiary/aromatic N) is 1. The Balaban J connectivity index is 2.65. The van der Waals surface area contributed by atoms with Crippen molar-refractivity contribution in [2.45, 2.75) is 0 Å². The van der Waals surface area contributed by atoms with Crippen LogP contribution in [-0.4, -0.2) is 39.1 Å². The predicted octanol–water partition coefficient (Wildman–Crippen LogP) is 0.762. The molecule has 0 radical (unpaired) electrons. The van der Waals surface area contributed by atoms with E-state index in [0.29, 0.717) is 6.29 Å². The summed E-state index contributed by atoms with van der Waals surface area (Å²) in [6.45, 7) is -0.255. The molecule has 0 amide bonds. The number of ether oxygens (including phenoxy) is 1. The Morgan fingerprint density at radius 1 is 1.37 bits per heavy atom. The Kier molecular flexibility index (Phi) is 4.95. The summed E-state index contributed by atoms with van der Waals surface area (Å²) in [7, 11) is -3.53. The number of nitro benzene ring substituents is 1. The van der Waals surface area contributed by atoms with Crippen LogP contribution in [0.15, 0.2) is 18.2 Å². The van der Waals surface area contributed by atoms with E-state index in [1.807, 2.05) is 0 Å². The average molecular weight is 289 g/mol. The van der Waals surface area contributed by atoms with Crippen molar-refractivity contribution in [3.63, 3.8) is 0 Å². The first kappa shape index (κ1) is 15.1. The summed E-state index contributed by atoms with van der Waals surface area (Å²) in [5.74, 6) is 0.213. The first-order valence-corrected chi connectivity index (χ1v) is 6.86. The van der Waals surface area contributed by atoms with Crippen LogP contribution in [0.5, 0.6) is 5.75 Å². The number of carbonyl (C=O) groups excluding carboxylic acids is 1. The minimum Gasteiger partial charge on any atom is -0.491 e. The van der Waals surface area contributed by atoms with Crippen LogP contribution in [0.2, 0.25) is 0 Å². The molecule has 1 rings (SSSR count). The van der Waals surface area contributed by atoms with E-state index in [1.54, 1.807) is 0 Å².